The fraction of sp³-hybridized carbons (Fsp3) is 0.333. The van der Waals surface area contributed by atoms with E-state index >= 15 is 0 Å². The van der Waals surface area contributed by atoms with Gasteiger partial charge in [0, 0.05) is 28.3 Å². The van der Waals surface area contributed by atoms with Gasteiger partial charge >= 0.3 is 5.97 Å². The Bertz CT molecular complexity index is 489. The molecule has 0 heterocycles. The van der Waals surface area contributed by atoms with Gasteiger partial charge < -0.3 is 15.2 Å². The van der Waals surface area contributed by atoms with Gasteiger partial charge in [-0.2, -0.15) is 0 Å². The van der Waals surface area contributed by atoms with Crippen LogP contribution in [0.25, 0.3) is 0 Å². The van der Waals surface area contributed by atoms with E-state index in [1.807, 2.05) is 0 Å². The van der Waals surface area contributed by atoms with E-state index < -0.39 is 22.7 Å². The molecular formula is C12H15NO5S. The fourth-order valence-corrected chi connectivity index (χ4v) is 2.23. The highest BCUT2D eigenvalue weighted by molar-refractivity contribution is 7.85. The lowest BCUT2D eigenvalue weighted by atomic mass is 10.3. The summed E-state index contributed by atoms with van der Waals surface area (Å²) in [5, 5.41) is 11.0. The molecule has 0 aliphatic heterocycles. The van der Waals surface area contributed by atoms with Crippen LogP contribution in [0.2, 0.25) is 0 Å². The molecule has 0 fully saturated rings. The van der Waals surface area contributed by atoms with Crippen molar-refractivity contribution in [3.05, 3.63) is 24.3 Å². The maximum absolute atomic E-state index is 11.6. The zero-order valence-corrected chi connectivity index (χ0v) is 11.2. The van der Waals surface area contributed by atoms with Crippen molar-refractivity contribution in [1.82, 2.24) is 0 Å². The number of hydrogen-bond donors (Lipinski definition) is 2. The first kappa shape index (κ1) is 15.2. The Morgan fingerprint density at radius 3 is 2.79 bits per heavy atom. The van der Waals surface area contributed by atoms with Crippen molar-refractivity contribution in [3.63, 3.8) is 0 Å². The van der Waals surface area contributed by atoms with E-state index in [0.29, 0.717) is 11.4 Å². The number of methoxy groups -OCH3 is 1. The number of hydrogen-bond acceptors (Lipinski definition) is 4. The van der Waals surface area contributed by atoms with Crippen molar-refractivity contribution >= 4 is 28.4 Å². The second-order valence-corrected chi connectivity index (χ2v) is 5.29. The average Bonchev–Trinajstić information content (AvgIpc) is 2.36. The fourth-order valence-electron chi connectivity index (χ4n) is 1.32. The van der Waals surface area contributed by atoms with E-state index in [2.05, 4.69) is 5.32 Å². The molecule has 0 spiro atoms. The van der Waals surface area contributed by atoms with Crippen LogP contribution < -0.4 is 10.1 Å². The molecular weight excluding hydrogens is 270 g/mol. The van der Waals surface area contributed by atoms with E-state index in [4.69, 9.17) is 9.84 Å². The molecule has 0 radical (unpaired) electrons. The van der Waals surface area contributed by atoms with Crippen LogP contribution in [0.5, 0.6) is 5.75 Å². The minimum absolute atomic E-state index is 0.0269. The van der Waals surface area contributed by atoms with Crippen molar-refractivity contribution in [3.8, 4) is 5.75 Å². The van der Waals surface area contributed by atoms with E-state index in [0.717, 1.165) is 0 Å². The number of anilines is 1. The highest BCUT2D eigenvalue weighted by Gasteiger charge is 2.10. The number of carboxylic acids is 1. The largest absolute Gasteiger partial charge is 0.497 e. The molecule has 6 nitrogen and oxygen atoms in total. The van der Waals surface area contributed by atoms with Crippen molar-refractivity contribution in [2.45, 2.75) is 6.42 Å². The quantitative estimate of drug-likeness (QED) is 0.775. The Morgan fingerprint density at radius 1 is 1.42 bits per heavy atom. The Hall–Kier alpha value is -1.89. The molecule has 1 aromatic rings. The molecule has 7 heteroatoms. The highest BCUT2D eigenvalue weighted by Crippen LogP contribution is 2.16. The first-order chi connectivity index (χ1) is 9.01. The smallest absolute Gasteiger partial charge is 0.304 e. The third-order valence-electron chi connectivity index (χ3n) is 2.19. The maximum Gasteiger partial charge on any atom is 0.304 e. The van der Waals surface area contributed by atoms with Gasteiger partial charge in [-0.1, -0.05) is 6.07 Å². The molecule has 0 aliphatic rings. The van der Waals surface area contributed by atoms with E-state index in [-0.39, 0.29) is 17.9 Å². The van der Waals surface area contributed by atoms with Gasteiger partial charge in [0.1, 0.15) is 11.5 Å². The zero-order valence-electron chi connectivity index (χ0n) is 10.4. The predicted octanol–water partition coefficient (Wildman–Crippen LogP) is 0.857. The third-order valence-corrected chi connectivity index (χ3v) is 3.43. The molecule has 104 valence electrons. The summed E-state index contributed by atoms with van der Waals surface area (Å²) in [6.07, 6.45) is -0.209. The Kier molecular flexibility index (Phi) is 6.01. The maximum atomic E-state index is 11.6. The topological polar surface area (TPSA) is 92.7 Å². The molecule has 2 N–H and O–H groups in total. The van der Waals surface area contributed by atoms with Crippen LogP contribution in [0, 0.1) is 0 Å². The van der Waals surface area contributed by atoms with Crippen molar-refractivity contribution in [2.24, 2.45) is 0 Å². The summed E-state index contributed by atoms with van der Waals surface area (Å²) in [6, 6.07) is 6.77. The van der Waals surface area contributed by atoms with Gasteiger partial charge in [-0.15, -0.1) is 0 Å². The predicted molar refractivity (Wildman–Crippen MR) is 71.8 cm³/mol. The number of carboxylic acid groups (broad SMARTS) is 1. The van der Waals surface area contributed by atoms with Crippen molar-refractivity contribution in [1.29, 1.82) is 0 Å². The molecule has 19 heavy (non-hydrogen) atoms. The number of benzene rings is 1. The second-order valence-electron chi connectivity index (χ2n) is 3.71. The Balaban J connectivity index is 2.46. The molecule has 0 bridgehead atoms. The summed E-state index contributed by atoms with van der Waals surface area (Å²) >= 11 is 0. The molecule has 1 atom stereocenters. The van der Waals surface area contributed by atoms with E-state index in [1.54, 1.807) is 24.3 Å². The number of amides is 1. The molecule has 0 saturated heterocycles. The summed E-state index contributed by atoms with van der Waals surface area (Å²) in [4.78, 5) is 21.9. The number of carbonyl (C=O) groups excluding carboxylic acids is 1. The number of rotatable bonds is 7. The summed E-state index contributed by atoms with van der Waals surface area (Å²) in [7, 11) is 0.0402. The van der Waals surface area contributed by atoms with Gasteiger partial charge in [-0.25, -0.2) is 0 Å². The van der Waals surface area contributed by atoms with Crippen LogP contribution in [0.15, 0.2) is 24.3 Å². The highest BCUT2D eigenvalue weighted by atomic mass is 32.2. The minimum Gasteiger partial charge on any atom is -0.497 e. The zero-order chi connectivity index (χ0) is 14.3. The summed E-state index contributed by atoms with van der Waals surface area (Å²) < 4.78 is 16.4. The van der Waals surface area contributed by atoms with Gasteiger partial charge in [-0.3, -0.25) is 13.8 Å². The number of aliphatic carboxylic acids is 1. The molecule has 0 saturated carbocycles. The summed E-state index contributed by atoms with van der Waals surface area (Å²) in [5.41, 5.74) is 0.541. The van der Waals surface area contributed by atoms with E-state index in [9.17, 15) is 13.8 Å². The lowest BCUT2D eigenvalue weighted by Gasteiger charge is -2.06. The van der Waals surface area contributed by atoms with Gasteiger partial charge in [0.25, 0.3) is 0 Å². The van der Waals surface area contributed by atoms with Crippen LogP contribution in [0.3, 0.4) is 0 Å². The normalized spacial score (nSPS) is 11.6. The molecule has 1 aromatic carbocycles. The van der Waals surface area contributed by atoms with Gasteiger partial charge in [-0.05, 0) is 12.1 Å². The first-order valence-corrected chi connectivity index (χ1v) is 7.00. The van der Waals surface area contributed by atoms with Crippen molar-refractivity contribution in [2.75, 3.05) is 23.9 Å². The molecule has 1 rings (SSSR count). The number of ether oxygens (including phenoxy) is 1. The number of nitrogens with one attached hydrogen (secondary N) is 1. The van der Waals surface area contributed by atoms with Gasteiger partial charge in [0.05, 0.1) is 13.5 Å². The Labute approximate surface area is 113 Å². The van der Waals surface area contributed by atoms with Gasteiger partial charge in [0.15, 0.2) is 0 Å². The molecule has 1 amide bonds. The van der Waals surface area contributed by atoms with Crippen LogP contribution in [0.1, 0.15) is 6.42 Å². The molecule has 0 aliphatic carbocycles. The SMILES string of the molecule is COc1cccc(NC(=O)CS(=O)CCC(=O)O)c1. The van der Waals surface area contributed by atoms with Gasteiger partial charge in [0.2, 0.25) is 5.91 Å². The molecule has 1 unspecified atom stereocenters. The summed E-state index contributed by atoms with van der Waals surface area (Å²) in [5.74, 6) is -1.09. The summed E-state index contributed by atoms with van der Waals surface area (Å²) in [6.45, 7) is 0. The average molecular weight is 285 g/mol. The lowest BCUT2D eigenvalue weighted by molar-refractivity contribution is -0.136. The van der Waals surface area contributed by atoms with Crippen LogP contribution in [-0.2, 0) is 20.4 Å². The third kappa shape index (κ3) is 6.01. The monoisotopic (exact) mass is 285 g/mol. The van der Waals surface area contributed by atoms with Crippen LogP contribution in [-0.4, -0.2) is 39.8 Å². The standard InChI is InChI=1S/C12H15NO5S/c1-18-10-4-2-3-9(7-10)13-11(14)8-19(17)6-5-12(15)16/h2-4,7H,5-6,8H2,1H3,(H,13,14)(H,15,16). The first-order valence-electron chi connectivity index (χ1n) is 5.52. The van der Waals surface area contributed by atoms with Crippen LogP contribution in [0.4, 0.5) is 5.69 Å². The van der Waals surface area contributed by atoms with Crippen LogP contribution >= 0.6 is 0 Å². The Morgan fingerprint density at radius 2 is 2.16 bits per heavy atom. The lowest BCUT2D eigenvalue weighted by Crippen LogP contribution is -2.21. The van der Waals surface area contributed by atoms with E-state index in [1.165, 1.54) is 7.11 Å². The minimum atomic E-state index is -1.48. The van der Waals surface area contributed by atoms with Crippen molar-refractivity contribution < 1.29 is 23.6 Å². The molecule has 0 aromatic heterocycles. The number of carbonyl (C=O) groups is 2. The second kappa shape index (κ2) is 7.52.